The van der Waals surface area contributed by atoms with Crippen LogP contribution in [0.1, 0.15) is 26.3 Å². The molecule has 0 aliphatic carbocycles. The van der Waals surface area contributed by atoms with Crippen LogP contribution in [0, 0.1) is 0 Å². The van der Waals surface area contributed by atoms with E-state index in [9.17, 15) is 24.3 Å². The number of hydrogen-bond donors (Lipinski definition) is 1. The van der Waals surface area contributed by atoms with Crippen LogP contribution in [-0.2, 0) is 49.5 Å². The maximum atomic E-state index is 12.4. The molecule has 1 aromatic carbocycles. The molecular weight excluding hydrogens is 416 g/mol. The number of carbonyl (C=O) groups excluding carboxylic acids is 4. The fraction of sp³-hybridized carbons (Fsp3) is 0.500. The number of benzene rings is 1. The van der Waals surface area contributed by atoms with Gasteiger partial charge in [-0.05, 0) is 6.07 Å². The van der Waals surface area contributed by atoms with Gasteiger partial charge in [-0.25, -0.2) is 4.79 Å². The maximum absolute atomic E-state index is 12.4. The summed E-state index contributed by atoms with van der Waals surface area (Å²) in [4.78, 5) is 47.5. The van der Waals surface area contributed by atoms with E-state index >= 15 is 0 Å². The Balaban J connectivity index is 2.52. The quantitative estimate of drug-likeness (QED) is 0.460. The summed E-state index contributed by atoms with van der Waals surface area (Å²) in [5.74, 6) is -3.13. The van der Waals surface area contributed by atoms with Crippen LogP contribution in [0.15, 0.2) is 24.3 Å². The molecule has 0 saturated carbocycles. The Hall–Kier alpha value is -3.18. The van der Waals surface area contributed by atoms with Gasteiger partial charge >= 0.3 is 23.9 Å². The first kappa shape index (κ1) is 24.1. The highest BCUT2D eigenvalue weighted by Crippen LogP contribution is 2.32. The number of para-hydroxylation sites is 1. The molecule has 5 atom stereocenters. The van der Waals surface area contributed by atoms with E-state index in [1.54, 1.807) is 18.2 Å². The van der Waals surface area contributed by atoms with E-state index in [0.29, 0.717) is 5.56 Å². The van der Waals surface area contributed by atoms with Crippen molar-refractivity contribution in [3.63, 3.8) is 0 Å². The molecule has 1 aromatic rings. The number of esters is 4. The number of carbonyl (C=O) groups is 4. The van der Waals surface area contributed by atoms with Crippen LogP contribution in [0.3, 0.4) is 0 Å². The van der Waals surface area contributed by atoms with Crippen molar-refractivity contribution in [2.75, 3.05) is 7.11 Å². The molecule has 1 saturated heterocycles. The molecule has 1 aliphatic heterocycles. The van der Waals surface area contributed by atoms with E-state index in [4.69, 9.17) is 28.4 Å². The topological polar surface area (TPSA) is 144 Å². The highest BCUT2D eigenvalue weighted by Gasteiger charge is 2.55. The average Bonchev–Trinajstić information content (AvgIpc) is 2.70. The lowest BCUT2D eigenvalue weighted by molar-refractivity contribution is -0.282. The first-order valence-electron chi connectivity index (χ1n) is 9.28. The van der Waals surface area contributed by atoms with E-state index in [1.807, 2.05) is 0 Å². The van der Waals surface area contributed by atoms with Gasteiger partial charge in [-0.15, -0.1) is 0 Å². The molecule has 0 bridgehead atoms. The Morgan fingerprint density at radius 2 is 1.45 bits per heavy atom. The second-order valence-electron chi connectivity index (χ2n) is 6.55. The molecule has 1 aliphatic rings. The van der Waals surface area contributed by atoms with Gasteiger partial charge in [-0.1, -0.05) is 18.2 Å². The zero-order chi connectivity index (χ0) is 23.1. The second kappa shape index (κ2) is 10.7. The number of rotatable bonds is 7. The zero-order valence-corrected chi connectivity index (χ0v) is 17.4. The molecule has 1 N–H and O–H groups in total. The SMILES string of the molecule is COC(=O)[C@H]1O[C@H](Oc2ccccc2CO)[C@H](OC(C)=O)[C@@H](OC(C)=O)[C@@H]1OC(C)=O. The monoisotopic (exact) mass is 440 g/mol. The predicted molar refractivity (Wildman–Crippen MR) is 100 cm³/mol. The number of ether oxygens (including phenoxy) is 6. The standard InChI is InChI=1S/C20H24O11/c1-10(22)27-15-16(28-11(2)23)18(29-12(3)24)20(31-17(15)19(25)26-4)30-14-8-6-5-7-13(14)9-21/h5-8,15-18,20-21H,9H2,1-4H3/t15-,16-,17-,18+,20-/m0/s1. The van der Waals surface area contributed by atoms with E-state index in [0.717, 1.165) is 27.9 Å². The molecule has 1 fully saturated rings. The summed E-state index contributed by atoms with van der Waals surface area (Å²) < 4.78 is 31.8. The van der Waals surface area contributed by atoms with Gasteiger partial charge < -0.3 is 33.5 Å². The van der Waals surface area contributed by atoms with E-state index in [2.05, 4.69) is 0 Å². The van der Waals surface area contributed by atoms with E-state index in [1.165, 1.54) is 6.07 Å². The third-order valence-corrected chi connectivity index (χ3v) is 4.22. The molecule has 0 radical (unpaired) electrons. The first-order valence-corrected chi connectivity index (χ1v) is 9.28. The average molecular weight is 440 g/mol. The smallest absolute Gasteiger partial charge is 0.339 e. The lowest BCUT2D eigenvalue weighted by atomic mass is 9.97. The largest absolute Gasteiger partial charge is 0.467 e. The molecule has 0 amide bonds. The first-order chi connectivity index (χ1) is 14.7. The predicted octanol–water partition coefficient (Wildman–Crippen LogP) is 0.251. The molecular formula is C20H24O11. The summed E-state index contributed by atoms with van der Waals surface area (Å²) in [5.41, 5.74) is 0.383. The van der Waals surface area contributed by atoms with Crippen LogP contribution < -0.4 is 4.74 Å². The van der Waals surface area contributed by atoms with Crippen molar-refractivity contribution in [1.82, 2.24) is 0 Å². The minimum Gasteiger partial charge on any atom is -0.467 e. The molecule has 0 unspecified atom stereocenters. The van der Waals surface area contributed by atoms with Crippen molar-refractivity contribution < 1.29 is 52.7 Å². The van der Waals surface area contributed by atoms with Crippen molar-refractivity contribution in [3.05, 3.63) is 29.8 Å². The molecule has 11 heteroatoms. The van der Waals surface area contributed by atoms with Crippen LogP contribution in [-0.4, -0.2) is 66.8 Å². The number of aliphatic hydroxyl groups excluding tert-OH is 1. The highest BCUT2D eigenvalue weighted by atomic mass is 16.7. The minimum atomic E-state index is -1.56. The summed E-state index contributed by atoms with van der Waals surface area (Å²) in [6.07, 6.45) is -7.38. The van der Waals surface area contributed by atoms with Crippen LogP contribution in [0.2, 0.25) is 0 Å². The van der Waals surface area contributed by atoms with Crippen LogP contribution in [0.25, 0.3) is 0 Å². The van der Waals surface area contributed by atoms with Crippen LogP contribution in [0.5, 0.6) is 5.75 Å². The highest BCUT2D eigenvalue weighted by molar-refractivity contribution is 5.77. The molecule has 1 heterocycles. The maximum Gasteiger partial charge on any atom is 0.339 e. The zero-order valence-electron chi connectivity index (χ0n) is 17.4. The summed E-state index contributed by atoms with van der Waals surface area (Å²) in [6.45, 7) is 2.91. The summed E-state index contributed by atoms with van der Waals surface area (Å²) in [5, 5.41) is 9.54. The minimum absolute atomic E-state index is 0.170. The van der Waals surface area contributed by atoms with Crippen molar-refractivity contribution in [1.29, 1.82) is 0 Å². The Morgan fingerprint density at radius 1 is 0.903 bits per heavy atom. The Kier molecular flexibility index (Phi) is 8.34. The van der Waals surface area contributed by atoms with Gasteiger partial charge in [-0.3, -0.25) is 14.4 Å². The molecule has 11 nitrogen and oxygen atoms in total. The van der Waals surface area contributed by atoms with Crippen molar-refractivity contribution in [3.8, 4) is 5.75 Å². The summed E-state index contributed by atoms with van der Waals surface area (Å²) in [7, 11) is 1.09. The Morgan fingerprint density at radius 3 is 2.00 bits per heavy atom. The van der Waals surface area contributed by atoms with E-state index in [-0.39, 0.29) is 12.4 Å². The van der Waals surface area contributed by atoms with Gasteiger partial charge in [0.05, 0.1) is 13.7 Å². The molecule has 0 spiro atoms. The van der Waals surface area contributed by atoms with Crippen LogP contribution >= 0.6 is 0 Å². The third kappa shape index (κ3) is 6.15. The Bertz CT molecular complexity index is 821. The number of aliphatic hydroxyl groups is 1. The van der Waals surface area contributed by atoms with Gasteiger partial charge in [0.15, 0.2) is 18.3 Å². The van der Waals surface area contributed by atoms with E-state index < -0.39 is 54.6 Å². The second-order valence-corrected chi connectivity index (χ2v) is 6.55. The number of methoxy groups -OCH3 is 1. The normalized spacial score (nSPS) is 25.1. The fourth-order valence-electron chi connectivity index (χ4n) is 3.05. The van der Waals surface area contributed by atoms with Crippen LogP contribution in [0.4, 0.5) is 0 Å². The molecule has 2 rings (SSSR count). The molecule has 31 heavy (non-hydrogen) atoms. The van der Waals surface area contributed by atoms with Gasteiger partial charge in [0.2, 0.25) is 12.4 Å². The van der Waals surface area contributed by atoms with Crippen molar-refractivity contribution in [2.45, 2.75) is 58.1 Å². The van der Waals surface area contributed by atoms with Gasteiger partial charge in [0.1, 0.15) is 5.75 Å². The lowest BCUT2D eigenvalue weighted by Gasteiger charge is -2.43. The summed E-state index contributed by atoms with van der Waals surface area (Å²) in [6, 6.07) is 6.40. The summed E-state index contributed by atoms with van der Waals surface area (Å²) >= 11 is 0. The van der Waals surface area contributed by atoms with Gasteiger partial charge in [0, 0.05) is 26.3 Å². The Labute approximate surface area is 178 Å². The van der Waals surface area contributed by atoms with Crippen molar-refractivity contribution >= 4 is 23.9 Å². The molecule has 170 valence electrons. The lowest BCUT2D eigenvalue weighted by Crippen LogP contribution is -2.64. The molecule has 0 aromatic heterocycles. The van der Waals surface area contributed by atoms with Gasteiger partial charge in [0.25, 0.3) is 0 Å². The number of hydrogen-bond acceptors (Lipinski definition) is 11. The van der Waals surface area contributed by atoms with Gasteiger partial charge in [-0.2, -0.15) is 0 Å². The fourth-order valence-corrected chi connectivity index (χ4v) is 3.05. The third-order valence-electron chi connectivity index (χ3n) is 4.22. The van der Waals surface area contributed by atoms with Crippen molar-refractivity contribution in [2.24, 2.45) is 0 Å².